The second kappa shape index (κ2) is 3.65. The van der Waals surface area contributed by atoms with Crippen molar-refractivity contribution in [3.8, 4) is 0 Å². The molecule has 66 valence electrons. The maximum absolute atomic E-state index is 10.8. The third-order valence-corrected chi connectivity index (χ3v) is 4.40. The van der Waals surface area contributed by atoms with Gasteiger partial charge < -0.3 is 0 Å². The Hall–Kier alpha value is 0.420. The summed E-state index contributed by atoms with van der Waals surface area (Å²) in [5.74, 6) is 0. The van der Waals surface area contributed by atoms with Crippen molar-refractivity contribution in [2.24, 2.45) is 0 Å². The Bertz CT molecular complexity index is 402. The summed E-state index contributed by atoms with van der Waals surface area (Å²) in [5.41, 5.74) is 0. The standard InChI is InChI=1S/C6H3Br2ClO2S/c7-5-2-1-4(3-6(5)8)12(9,10)11/h1-3H. The first-order chi connectivity index (χ1) is 5.41. The van der Waals surface area contributed by atoms with E-state index in [0.717, 1.165) is 4.47 Å². The molecular weight excluding hydrogens is 331 g/mol. The van der Waals surface area contributed by atoms with E-state index in [4.69, 9.17) is 10.7 Å². The molecule has 0 bridgehead atoms. The van der Waals surface area contributed by atoms with Gasteiger partial charge in [-0.05, 0) is 50.1 Å². The summed E-state index contributed by atoms with van der Waals surface area (Å²) in [6.07, 6.45) is 0. The molecule has 0 aliphatic rings. The zero-order valence-electron chi connectivity index (χ0n) is 5.59. The fourth-order valence-electron chi connectivity index (χ4n) is 0.629. The molecule has 0 radical (unpaired) electrons. The zero-order chi connectivity index (χ0) is 9.35. The molecule has 1 aromatic carbocycles. The average molecular weight is 334 g/mol. The summed E-state index contributed by atoms with van der Waals surface area (Å²) in [4.78, 5) is 0.0826. The van der Waals surface area contributed by atoms with Gasteiger partial charge in [-0.2, -0.15) is 0 Å². The second-order valence-electron chi connectivity index (χ2n) is 2.01. The molecule has 0 aromatic heterocycles. The van der Waals surface area contributed by atoms with Crippen molar-refractivity contribution in [1.82, 2.24) is 0 Å². The summed E-state index contributed by atoms with van der Waals surface area (Å²) in [6.45, 7) is 0. The van der Waals surface area contributed by atoms with Crippen LogP contribution in [-0.4, -0.2) is 8.42 Å². The highest BCUT2D eigenvalue weighted by Crippen LogP contribution is 2.26. The van der Waals surface area contributed by atoms with E-state index >= 15 is 0 Å². The van der Waals surface area contributed by atoms with E-state index in [1.54, 1.807) is 6.07 Å². The summed E-state index contributed by atoms with van der Waals surface area (Å²) in [5, 5.41) is 0. The van der Waals surface area contributed by atoms with Gasteiger partial charge in [-0.1, -0.05) is 0 Å². The molecule has 0 N–H and O–H groups in total. The van der Waals surface area contributed by atoms with E-state index < -0.39 is 9.05 Å². The minimum Gasteiger partial charge on any atom is -0.207 e. The lowest BCUT2D eigenvalue weighted by Crippen LogP contribution is -1.89. The SMILES string of the molecule is O=S(=O)(Cl)c1ccc(Br)c(Br)c1. The fraction of sp³-hybridized carbons (Fsp3) is 0. The molecular formula is C6H3Br2ClO2S. The van der Waals surface area contributed by atoms with E-state index in [1.807, 2.05) is 0 Å². The Kier molecular flexibility index (Phi) is 3.20. The highest BCUT2D eigenvalue weighted by Gasteiger charge is 2.10. The summed E-state index contributed by atoms with van der Waals surface area (Å²) in [7, 11) is 1.50. The van der Waals surface area contributed by atoms with Crippen LogP contribution in [0.3, 0.4) is 0 Å². The van der Waals surface area contributed by atoms with Crippen molar-refractivity contribution in [3.05, 3.63) is 27.1 Å². The number of hydrogen-bond donors (Lipinski definition) is 0. The van der Waals surface area contributed by atoms with Gasteiger partial charge >= 0.3 is 0 Å². The second-order valence-corrected chi connectivity index (χ2v) is 6.29. The van der Waals surface area contributed by atoms with Crippen LogP contribution in [0.5, 0.6) is 0 Å². The van der Waals surface area contributed by atoms with Crippen LogP contribution in [0.2, 0.25) is 0 Å². The minimum atomic E-state index is -3.62. The molecule has 1 aromatic rings. The van der Waals surface area contributed by atoms with Gasteiger partial charge in [-0.15, -0.1) is 0 Å². The maximum Gasteiger partial charge on any atom is 0.261 e. The number of halogens is 3. The Morgan fingerprint density at radius 3 is 2.17 bits per heavy atom. The predicted octanol–water partition coefficient (Wildman–Crippen LogP) is 3.14. The Labute approximate surface area is 91.6 Å². The van der Waals surface area contributed by atoms with Crippen molar-refractivity contribution in [1.29, 1.82) is 0 Å². The molecule has 0 saturated carbocycles. The van der Waals surface area contributed by atoms with E-state index in [9.17, 15) is 8.42 Å². The average Bonchev–Trinajstić information content (AvgIpc) is 1.92. The minimum absolute atomic E-state index is 0.0826. The third-order valence-electron chi connectivity index (χ3n) is 1.17. The van der Waals surface area contributed by atoms with Gasteiger partial charge in [0.05, 0.1) is 4.90 Å². The molecule has 1 rings (SSSR count). The molecule has 0 heterocycles. The molecule has 0 unspecified atom stereocenters. The molecule has 0 atom stereocenters. The lowest BCUT2D eigenvalue weighted by atomic mass is 10.4. The fourth-order valence-corrected chi connectivity index (χ4v) is 2.18. The van der Waals surface area contributed by atoms with Crippen LogP contribution in [0.1, 0.15) is 0 Å². The molecule has 0 aliphatic carbocycles. The van der Waals surface area contributed by atoms with Crippen molar-refractivity contribution >= 4 is 51.6 Å². The first kappa shape index (κ1) is 10.5. The highest BCUT2D eigenvalue weighted by molar-refractivity contribution is 9.13. The first-order valence-electron chi connectivity index (χ1n) is 2.81. The Morgan fingerprint density at radius 2 is 1.75 bits per heavy atom. The molecule has 12 heavy (non-hydrogen) atoms. The third kappa shape index (κ3) is 2.45. The van der Waals surface area contributed by atoms with Gasteiger partial charge in [0, 0.05) is 19.6 Å². The number of rotatable bonds is 1. The van der Waals surface area contributed by atoms with Crippen LogP contribution in [0.15, 0.2) is 32.0 Å². The smallest absolute Gasteiger partial charge is 0.207 e. The van der Waals surface area contributed by atoms with Gasteiger partial charge in [0.15, 0.2) is 0 Å². The lowest BCUT2D eigenvalue weighted by Gasteiger charge is -1.98. The Morgan fingerprint density at radius 1 is 1.17 bits per heavy atom. The number of hydrogen-bond acceptors (Lipinski definition) is 2. The molecule has 0 amide bonds. The van der Waals surface area contributed by atoms with Crippen molar-refractivity contribution < 1.29 is 8.42 Å². The van der Waals surface area contributed by atoms with Crippen LogP contribution in [0, 0.1) is 0 Å². The molecule has 0 fully saturated rings. The lowest BCUT2D eigenvalue weighted by molar-refractivity contribution is 0.609. The van der Waals surface area contributed by atoms with Gasteiger partial charge in [-0.3, -0.25) is 0 Å². The van der Waals surface area contributed by atoms with E-state index in [1.165, 1.54) is 12.1 Å². The largest absolute Gasteiger partial charge is 0.261 e. The van der Waals surface area contributed by atoms with Crippen molar-refractivity contribution in [3.63, 3.8) is 0 Å². The monoisotopic (exact) mass is 332 g/mol. The van der Waals surface area contributed by atoms with Gasteiger partial charge in [-0.25, -0.2) is 8.42 Å². The first-order valence-corrected chi connectivity index (χ1v) is 6.70. The molecule has 0 spiro atoms. The summed E-state index contributed by atoms with van der Waals surface area (Å²) < 4.78 is 23.1. The van der Waals surface area contributed by atoms with Crippen molar-refractivity contribution in [2.45, 2.75) is 4.90 Å². The quantitative estimate of drug-likeness (QED) is 0.740. The van der Waals surface area contributed by atoms with E-state index in [2.05, 4.69) is 31.9 Å². The van der Waals surface area contributed by atoms with Crippen LogP contribution < -0.4 is 0 Å². The normalized spacial score (nSPS) is 11.6. The van der Waals surface area contributed by atoms with Crippen LogP contribution in [0.25, 0.3) is 0 Å². The van der Waals surface area contributed by atoms with Crippen LogP contribution >= 0.6 is 42.5 Å². The predicted molar refractivity (Wildman–Crippen MR) is 54.9 cm³/mol. The van der Waals surface area contributed by atoms with E-state index in [0.29, 0.717) is 4.47 Å². The molecule has 0 saturated heterocycles. The molecule has 2 nitrogen and oxygen atoms in total. The van der Waals surface area contributed by atoms with Crippen LogP contribution in [0.4, 0.5) is 0 Å². The zero-order valence-corrected chi connectivity index (χ0v) is 10.3. The van der Waals surface area contributed by atoms with E-state index in [-0.39, 0.29) is 4.90 Å². The summed E-state index contributed by atoms with van der Waals surface area (Å²) >= 11 is 6.38. The molecule has 0 aliphatic heterocycles. The summed E-state index contributed by atoms with van der Waals surface area (Å²) in [6, 6.07) is 4.48. The van der Waals surface area contributed by atoms with Crippen LogP contribution in [-0.2, 0) is 9.05 Å². The highest BCUT2D eigenvalue weighted by atomic mass is 79.9. The van der Waals surface area contributed by atoms with Gasteiger partial charge in [0.1, 0.15) is 0 Å². The molecule has 6 heteroatoms. The van der Waals surface area contributed by atoms with Gasteiger partial charge in [0.25, 0.3) is 9.05 Å². The maximum atomic E-state index is 10.8. The van der Waals surface area contributed by atoms with Gasteiger partial charge in [0.2, 0.25) is 0 Å². The number of benzene rings is 1. The topological polar surface area (TPSA) is 34.1 Å². The van der Waals surface area contributed by atoms with Crippen molar-refractivity contribution in [2.75, 3.05) is 0 Å². The Balaban J connectivity index is 3.33.